The first-order valence-corrected chi connectivity index (χ1v) is 6.43. The van der Waals surface area contributed by atoms with Gasteiger partial charge in [-0.25, -0.2) is 0 Å². The fraction of sp³-hybridized carbons (Fsp3) is 0.700. The Kier molecular flexibility index (Phi) is 2.05. The molecule has 1 nitrogen and oxygen atoms in total. The molecule has 0 aromatic carbocycles. The summed E-state index contributed by atoms with van der Waals surface area (Å²) in [6.07, 6.45) is 2.82. The van der Waals surface area contributed by atoms with Gasteiger partial charge >= 0.3 is 0 Å². The van der Waals surface area contributed by atoms with Crippen LogP contribution in [0.4, 0.5) is 0 Å². The number of carbonyl (C=O) groups is 1. The van der Waals surface area contributed by atoms with Gasteiger partial charge in [-0.15, -0.1) is 23.2 Å². The van der Waals surface area contributed by atoms with Crippen molar-refractivity contribution in [1.29, 1.82) is 0 Å². The van der Waals surface area contributed by atoms with Gasteiger partial charge in [0.15, 0.2) is 5.78 Å². The van der Waals surface area contributed by atoms with Crippen LogP contribution >= 0.6 is 46.4 Å². The van der Waals surface area contributed by atoms with Gasteiger partial charge in [-0.05, 0) is 31.1 Å². The summed E-state index contributed by atoms with van der Waals surface area (Å²) in [5.41, 5.74) is 0. The first-order valence-electron chi connectivity index (χ1n) is 4.92. The summed E-state index contributed by atoms with van der Waals surface area (Å²) in [5.74, 6) is 0.0339. The highest BCUT2D eigenvalue weighted by Crippen LogP contribution is 2.70. The summed E-state index contributed by atoms with van der Waals surface area (Å²) in [4.78, 5) is 10.0. The maximum absolute atomic E-state index is 12.0. The number of hydrogen-bond acceptors (Lipinski definition) is 1. The molecule has 4 atom stereocenters. The zero-order valence-corrected chi connectivity index (χ0v) is 10.7. The Morgan fingerprint density at radius 2 is 1.60 bits per heavy atom. The van der Waals surface area contributed by atoms with Gasteiger partial charge in [0, 0.05) is 0 Å². The van der Waals surface area contributed by atoms with E-state index in [9.17, 15) is 4.79 Å². The molecule has 0 aromatic rings. The van der Waals surface area contributed by atoms with Gasteiger partial charge in [-0.2, -0.15) is 0 Å². The summed E-state index contributed by atoms with van der Waals surface area (Å²) in [6, 6.07) is 0. The molecule has 0 N–H and O–H groups in total. The van der Waals surface area contributed by atoms with Crippen LogP contribution in [0, 0.1) is 11.8 Å². The average molecular weight is 286 g/mol. The predicted molar refractivity (Wildman–Crippen MR) is 61.7 cm³/mol. The van der Waals surface area contributed by atoms with Crippen molar-refractivity contribution >= 4 is 52.2 Å². The molecule has 0 radical (unpaired) electrons. The highest BCUT2D eigenvalue weighted by atomic mass is 35.5. The van der Waals surface area contributed by atoms with Crippen LogP contribution in [0.5, 0.6) is 0 Å². The first-order chi connectivity index (χ1) is 6.94. The van der Waals surface area contributed by atoms with Gasteiger partial charge in [-0.1, -0.05) is 23.2 Å². The number of allylic oxidation sites excluding steroid dienone is 2. The van der Waals surface area contributed by atoms with Crippen molar-refractivity contribution in [1.82, 2.24) is 0 Å². The Balaban J connectivity index is 2.25. The molecule has 0 unspecified atom stereocenters. The number of ketones is 1. The highest BCUT2D eigenvalue weighted by molar-refractivity contribution is 6.62. The molecular formula is C10H8Cl4O. The van der Waals surface area contributed by atoms with Crippen molar-refractivity contribution in [2.45, 2.75) is 29.0 Å². The number of alkyl halides is 2. The third-order valence-electron chi connectivity index (χ3n) is 4.13. The lowest BCUT2D eigenvalue weighted by Crippen LogP contribution is -2.51. The van der Waals surface area contributed by atoms with E-state index < -0.39 is 9.75 Å². The minimum atomic E-state index is -1.08. The van der Waals surface area contributed by atoms with Crippen LogP contribution in [-0.4, -0.2) is 15.5 Å². The lowest BCUT2D eigenvalue weighted by Gasteiger charge is -2.39. The highest BCUT2D eigenvalue weighted by Gasteiger charge is 2.75. The monoisotopic (exact) mass is 284 g/mol. The summed E-state index contributed by atoms with van der Waals surface area (Å²) in [7, 11) is 0. The molecule has 0 amide bonds. The van der Waals surface area contributed by atoms with Crippen LogP contribution in [0.3, 0.4) is 0 Å². The predicted octanol–water partition coefficient (Wildman–Crippen LogP) is 3.64. The van der Waals surface area contributed by atoms with Crippen molar-refractivity contribution in [2.75, 3.05) is 0 Å². The van der Waals surface area contributed by atoms with Crippen LogP contribution < -0.4 is 0 Å². The van der Waals surface area contributed by atoms with Gasteiger partial charge in [0.05, 0.1) is 5.03 Å². The van der Waals surface area contributed by atoms with Crippen molar-refractivity contribution in [3.05, 3.63) is 10.1 Å². The molecule has 15 heavy (non-hydrogen) atoms. The number of hydrogen-bond donors (Lipinski definition) is 0. The van der Waals surface area contributed by atoms with E-state index in [0.717, 1.165) is 19.3 Å². The number of fused-ring (bicyclic) bond motifs is 5. The zero-order chi connectivity index (χ0) is 11.0. The average Bonchev–Trinajstić information content (AvgIpc) is 2.81. The maximum Gasteiger partial charge on any atom is 0.198 e. The van der Waals surface area contributed by atoms with Crippen LogP contribution in [0.1, 0.15) is 19.3 Å². The Labute approximate surface area is 108 Å². The smallest absolute Gasteiger partial charge is 0.198 e. The van der Waals surface area contributed by atoms with Crippen LogP contribution in [-0.2, 0) is 4.79 Å². The van der Waals surface area contributed by atoms with E-state index >= 15 is 0 Å². The Bertz CT molecular complexity index is 404. The number of rotatable bonds is 0. The second kappa shape index (κ2) is 2.87. The van der Waals surface area contributed by atoms with Crippen molar-refractivity contribution in [3.8, 4) is 0 Å². The van der Waals surface area contributed by atoms with Crippen molar-refractivity contribution < 1.29 is 4.79 Å². The second-order valence-corrected chi connectivity index (χ2v) is 6.54. The molecule has 82 valence electrons. The number of carbonyl (C=O) groups excluding carboxylic acids is 1. The quantitative estimate of drug-likeness (QED) is 0.621. The fourth-order valence-electron chi connectivity index (χ4n) is 3.41. The molecule has 0 saturated heterocycles. The van der Waals surface area contributed by atoms with E-state index in [1.165, 1.54) is 0 Å². The minimum absolute atomic E-state index is 0.0401. The Hall–Kier alpha value is 0.570. The summed E-state index contributed by atoms with van der Waals surface area (Å²) < 4.78 is 0. The summed E-state index contributed by atoms with van der Waals surface area (Å²) in [6.45, 7) is 0. The largest absolute Gasteiger partial charge is 0.291 e. The molecule has 3 aliphatic rings. The molecule has 2 bridgehead atoms. The van der Waals surface area contributed by atoms with E-state index in [0.29, 0.717) is 0 Å². The van der Waals surface area contributed by atoms with Crippen LogP contribution in [0.15, 0.2) is 10.1 Å². The van der Waals surface area contributed by atoms with Crippen LogP contribution in [0.2, 0.25) is 0 Å². The molecule has 0 spiro atoms. The molecule has 0 aromatic heterocycles. The number of halogens is 4. The minimum Gasteiger partial charge on any atom is -0.291 e. The molecule has 2 fully saturated rings. The molecule has 0 heterocycles. The molecule has 2 saturated carbocycles. The fourth-order valence-corrected chi connectivity index (χ4v) is 5.31. The standard InChI is InChI=1S/C10H8Cl4O/c11-6-7(12)9(13)4-1-2-5(3-4)10(9,14)8(6)15/h4-5H,1-3H2/t4-,5-,9-,10-/m1/s1. The van der Waals surface area contributed by atoms with Gasteiger partial charge in [0.1, 0.15) is 14.8 Å². The molecule has 3 rings (SSSR count). The van der Waals surface area contributed by atoms with Gasteiger partial charge in [0.2, 0.25) is 0 Å². The molecule has 5 heteroatoms. The lowest BCUT2D eigenvalue weighted by atomic mass is 9.79. The molecule has 3 aliphatic carbocycles. The SMILES string of the molecule is O=C1C(Cl)=C(Cl)[C@]2(Cl)[C@@H]3CC[C@H](C3)[C@@]12Cl. The topological polar surface area (TPSA) is 17.1 Å². The zero-order valence-electron chi connectivity index (χ0n) is 7.70. The van der Waals surface area contributed by atoms with Gasteiger partial charge in [0.25, 0.3) is 0 Å². The van der Waals surface area contributed by atoms with Gasteiger partial charge < -0.3 is 0 Å². The Morgan fingerprint density at radius 3 is 2.13 bits per heavy atom. The summed E-state index contributed by atoms with van der Waals surface area (Å²) in [5, 5.41) is 0.302. The van der Waals surface area contributed by atoms with Gasteiger partial charge in [-0.3, -0.25) is 4.79 Å². The molecule has 0 aliphatic heterocycles. The second-order valence-electron chi connectivity index (χ2n) is 4.59. The van der Waals surface area contributed by atoms with E-state index in [1.54, 1.807) is 0 Å². The van der Waals surface area contributed by atoms with E-state index in [2.05, 4.69) is 0 Å². The normalized spacial score (nSPS) is 52.9. The van der Waals surface area contributed by atoms with E-state index in [4.69, 9.17) is 46.4 Å². The van der Waals surface area contributed by atoms with Crippen LogP contribution in [0.25, 0.3) is 0 Å². The third kappa shape index (κ3) is 0.900. The lowest BCUT2D eigenvalue weighted by molar-refractivity contribution is -0.118. The summed E-state index contributed by atoms with van der Waals surface area (Å²) >= 11 is 24.9. The van der Waals surface area contributed by atoms with Crippen molar-refractivity contribution in [3.63, 3.8) is 0 Å². The third-order valence-corrected chi connectivity index (χ3v) is 6.84. The van der Waals surface area contributed by atoms with Crippen molar-refractivity contribution in [2.24, 2.45) is 11.8 Å². The maximum atomic E-state index is 12.0. The van der Waals surface area contributed by atoms with E-state index in [1.807, 2.05) is 0 Å². The van der Waals surface area contributed by atoms with E-state index in [-0.39, 0.29) is 27.7 Å². The number of Topliss-reactive ketones (excluding diaryl/α,β-unsaturated/α-hetero) is 1. The first kappa shape index (κ1) is 10.7. The Morgan fingerprint density at radius 1 is 1.07 bits per heavy atom. The molecular weight excluding hydrogens is 278 g/mol.